The Morgan fingerprint density at radius 1 is 1.44 bits per heavy atom. The summed E-state index contributed by atoms with van der Waals surface area (Å²) in [6, 6.07) is 7.58. The quantitative estimate of drug-likeness (QED) is 0.638. The molecular weight excluding hydrogens is 244 g/mol. The summed E-state index contributed by atoms with van der Waals surface area (Å²) in [4.78, 5) is 15.1. The highest BCUT2D eigenvalue weighted by Crippen LogP contribution is 2.17. The van der Waals surface area contributed by atoms with Crippen molar-refractivity contribution < 1.29 is 4.79 Å². The minimum Gasteiger partial charge on any atom is -0.361 e. The average molecular weight is 258 g/mol. The lowest BCUT2D eigenvalue weighted by Gasteiger charge is -2.05. The molecule has 0 aliphatic rings. The minimum absolute atomic E-state index is 0.0403. The highest BCUT2D eigenvalue weighted by Gasteiger charge is 2.09. The van der Waals surface area contributed by atoms with Gasteiger partial charge in [0.15, 0.2) is 0 Å². The molecule has 0 atom stereocenters. The number of nitrogens with one attached hydrogen (secondary N) is 2. The molecule has 2 aromatic rings. The van der Waals surface area contributed by atoms with Crippen molar-refractivity contribution in [2.45, 2.75) is 0 Å². The van der Waals surface area contributed by atoms with Gasteiger partial charge in [-0.1, -0.05) is 12.0 Å². The standard InChI is InChI=1S/C14H14N2OS/c1-2-9-18-10-8-16-14(17)12-4-3-5-13-11(12)6-7-15-13/h1,3-7,15H,8-10H2,(H,16,17). The van der Waals surface area contributed by atoms with Crippen LogP contribution in [0.4, 0.5) is 0 Å². The lowest BCUT2D eigenvalue weighted by atomic mass is 10.1. The lowest BCUT2D eigenvalue weighted by Crippen LogP contribution is -2.25. The summed E-state index contributed by atoms with van der Waals surface area (Å²) in [7, 11) is 0. The van der Waals surface area contributed by atoms with Crippen molar-refractivity contribution in [1.29, 1.82) is 0 Å². The van der Waals surface area contributed by atoms with Gasteiger partial charge in [0.2, 0.25) is 0 Å². The van der Waals surface area contributed by atoms with Crippen molar-refractivity contribution in [2.75, 3.05) is 18.1 Å². The van der Waals surface area contributed by atoms with E-state index in [1.807, 2.05) is 30.5 Å². The smallest absolute Gasteiger partial charge is 0.251 e. The number of rotatable bonds is 5. The van der Waals surface area contributed by atoms with Gasteiger partial charge in [-0.2, -0.15) is 0 Å². The van der Waals surface area contributed by atoms with E-state index in [0.29, 0.717) is 17.9 Å². The van der Waals surface area contributed by atoms with Crippen LogP contribution in [0.5, 0.6) is 0 Å². The van der Waals surface area contributed by atoms with Gasteiger partial charge in [0, 0.05) is 35.0 Å². The zero-order valence-electron chi connectivity index (χ0n) is 9.90. The molecule has 1 aromatic heterocycles. The van der Waals surface area contributed by atoms with Crippen molar-refractivity contribution in [2.24, 2.45) is 0 Å². The number of fused-ring (bicyclic) bond motifs is 1. The number of carbonyl (C=O) groups excluding carboxylic acids is 1. The van der Waals surface area contributed by atoms with Crippen LogP contribution < -0.4 is 5.32 Å². The van der Waals surface area contributed by atoms with E-state index >= 15 is 0 Å². The zero-order chi connectivity index (χ0) is 12.8. The van der Waals surface area contributed by atoms with E-state index in [1.165, 1.54) is 0 Å². The van der Waals surface area contributed by atoms with E-state index in [9.17, 15) is 4.79 Å². The van der Waals surface area contributed by atoms with Crippen molar-refractivity contribution in [3.8, 4) is 12.3 Å². The van der Waals surface area contributed by atoms with Crippen LogP contribution in [0.1, 0.15) is 10.4 Å². The largest absolute Gasteiger partial charge is 0.361 e. The number of hydrogen-bond acceptors (Lipinski definition) is 2. The maximum absolute atomic E-state index is 12.0. The van der Waals surface area contributed by atoms with Gasteiger partial charge in [-0.3, -0.25) is 4.79 Å². The van der Waals surface area contributed by atoms with Gasteiger partial charge in [0.1, 0.15) is 0 Å². The molecule has 0 saturated carbocycles. The molecule has 1 amide bonds. The first-order valence-electron chi connectivity index (χ1n) is 5.68. The summed E-state index contributed by atoms with van der Waals surface area (Å²) >= 11 is 1.64. The molecule has 92 valence electrons. The predicted molar refractivity (Wildman–Crippen MR) is 76.8 cm³/mol. The number of carbonyl (C=O) groups is 1. The van der Waals surface area contributed by atoms with Crippen molar-refractivity contribution in [3.05, 3.63) is 36.0 Å². The molecule has 0 spiro atoms. The third-order valence-electron chi connectivity index (χ3n) is 2.56. The molecule has 0 radical (unpaired) electrons. The molecule has 1 aromatic carbocycles. The highest BCUT2D eigenvalue weighted by atomic mass is 32.2. The SMILES string of the molecule is C#CCSCCNC(=O)c1cccc2[nH]ccc12. The van der Waals surface area contributed by atoms with E-state index in [2.05, 4.69) is 16.2 Å². The first-order chi connectivity index (χ1) is 8.83. The molecule has 0 bridgehead atoms. The van der Waals surface area contributed by atoms with Gasteiger partial charge < -0.3 is 10.3 Å². The Kier molecular flexibility index (Phi) is 4.32. The maximum atomic E-state index is 12.0. The van der Waals surface area contributed by atoms with Crippen LogP contribution in [-0.4, -0.2) is 28.9 Å². The van der Waals surface area contributed by atoms with Gasteiger partial charge in [-0.05, 0) is 18.2 Å². The molecule has 2 N–H and O–H groups in total. The van der Waals surface area contributed by atoms with E-state index in [-0.39, 0.29) is 5.91 Å². The van der Waals surface area contributed by atoms with E-state index in [0.717, 1.165) is 16.7 Å². The Hall–Kier alpha value is -1.86. The van der Waals surface area contributed by atoms with Crippen LogP contribution in [0, 0.1) is 12.3 Å². The van der Waals surface area contributed by atoms with Crippen LogP contribution >= 0.6 is 11.8 Å². The number of benzene rings is 1. The lowest BCUT2D eigenvalue weighted by molar-refractivity contribution is 0.0958. The topological polar surface area (TPSA) is 44.9 Å². The fourth-order valence-corrected chi connectivity index (χ4v) is 2.26. The van der Waals surface area contributed by atoms with Crippen LogP contribution in [0.25, 0.3) is 10.9 Å². The molecule has 0 aliphatic heterocycles. The van der Waals surface area contributed by atoms with Gasteiger partial charge >= 0.3 is 0 Å². The molecular formula is C14H14N2OS. The number of aromatic nitrogens is 1. The molecule has 0 aliphatic carbocycles. The molecule has 18 heavy (non-hydrogen) atoms. The van der Waals surface area contributed by atoms with Gasteiger partial charge in [-0.25, -0.2) is 0 Å². The monoisotopic (exact) mass is 258 g/mol. The highest BCUT2D eigenvalue weighted by molar-refractivity contribution is 7.99. The summed E-state index contributed by atoms with van der Waals surface area (Å²) in [5.74, 6) is 4.03. The van der Waals surface area contributed by atoms with Crippen LogP contribution in [-0.2, 0) is 0 Å². The molecule has 0 fully saturated rings. The van der Waals surface area contributed by atoms with Crippen LogP contribution in [0.15, 0.2) is 30.5 Å². The van der Waals surface area contributed by atoms with Crippen molar-refractivity contribution >= 4 is 28.6 Å². The number of H-pyrrole nitrogens is 1. The second-order valence-electron chi connectivity index (χ2n) is 3.76. The molecule has 1 heterocycles. The fraction of sp³-hybridized carbons (Fsp3) is 0.214. The predicted octanol–water partition coefficient (Wildman–Crippen LogP) is 2.26. The molecule has 2 rings (SSSR count). The summed E-state index contributed by atoms with van der Waals surface area (Å²) in [5, 5.41) is 3.85. The number of aromatic amines is 1. The van der Waals surface area contributed by atoms with Crippen LogP contribution in [0.2, 0.25) is 0 Å². The summed E-state index contributed by atoms with van der Waals surface area (Å²) in [6.45, 7) is 0.631. The second-order valence-corrected chi connectivity index (χ2v) is 4.86. The zero-order valence-corrected chi connectivity index (χ0v) is 10.7. The number of terminal acetylenes is 1. The Morgan fingerprint density at radius 2 is 2.33 bits per heavy atom. The fourth-order valence-electron chi connectivity index (χ4n) is 1.75. The molecule has 3 nitrogen and oxygen atoms in total. The maximum Gasteiger partial charge on any atom is 0.251 e. The summed E-state index contributed by atoms with van der Waals surface area (Å²) in [6.07, 6.45) is 6.99. The van der Waals surface area contributed by atoms with Gasteiger partial charge in [0.05, 0.1) is 5.75 Å². The Balaban J connectivity index is 1.97. The third kappa shape index (κ3) is 2.88. The first kappa shape index (κ1) is 12.6. The van der Waals surface area contributed by atoms with Crippen molar-refractivity contribution in [3.63, 3.8) is 0 Å². The average Bonchev–Trinajstić information content (AvgIpc) is 2.86. The summed E-state index contributed by atoms with van der Waals surface area (Å²) < 4.78 is 0. The second kappa shape index (κ2) is 6.18. The van der Waals surface area contributed by atoms with E-state index < -0.39 is 0 Å². The number of amides is 1. The van der Waals surface area contributed by atoms with Crippen LogP contribution in [0.3, 0.4) is 0 Å². The molecule has 0 unspecified atom stereocenters. The Labute approximate surface area is 110 Å². The van der Waals surface area contributed by atoms with Crippen molar-refractivity contribution in [1.82, 2.24) is 10.3 Å². The van der Waals surface area contributed by atoms with Gasteiger partial charge in [-0.15, -0.1) is 18.2 Å². The third-order valence-corrected chi connectivity index (χ3v) is 3.42. The Morgan fingerprint density at radius 3 is 3.17 bits per heavy atom. The molecule has 0 saturated heterocycles. The van der Waals surface area contributed by atoms with Gasteiger partial charge in [0.25, 0.3) is 5.91 Å². The molecule has 4 heteroatoms. The number of hydrogen-bond donors (Lipinski definition) is 2. The normalized spacial score (nSPS) is 10.2. The summed E-state index contributed by atoms with van der Waals surface area (Å²) in [5.41, 5.74) is 1.68. The van der Waals surface area contributed by atoms with E-state index in [4.69, 9.17) is 6.42 Å². The number of thioether (sulfide) groups is 1. The minimum atomic E-state index is -0.0403. The Bertz CT molecular complexity index is 583. The van der Waals surface area contributed by atoms with E-state index in [1.54, 1.807) is 11.8 Å². The first-order valence-corrected chi connectivity index (χ1v) is 6.84.